The van der Waals surface area contributed by atoms with Gasteiger partial charge in [-0.25, -0.2) is 4.98 Å². The van der Waals surface area contributed by atoms with Crippen molar-refractivity contribution in [2.24, 2.45) is 7.05 Å². The zero-order chi connectivity index (χ0) is 8.69. The molecule has 0 saturated carbocycles. The largest absolute Gasteiger partial charge is 0.481 e. The van der Waals surface area contributed by atoms with Crippen molar-refractivity contribution in [1.29, 1.82) is 0 Å². The van der Waals surface area contributed by atoms with Gasteiger partial charge in [0.25, 0.3) is 0 Å². The van der Waals surface area contributed by atoms with E-state index in [1.807, 2.05) is 17.8 Å². The Morgan fingerprint density at radius 1 is 1.67 bits per heavy atom. The SMILES string of the molecule is Br.CCC(=O)O.Cn1ccnc1. The van der Waals surface area contributed by atoms with Gasteiger partial charge in [0.2, 0.25) is 0 Å². The number of carboxylic acid groups (broad SMARTS) is 1. The van der Waals surface area contributed by atoms with Crippen molar-refractivity contribution in [2.45, 2.75) is 13.3 Å². The van der Waals surface area contributed by atoms with Crippen LogP contribution in [0.1, 0.15) is 13.3 Å². The van der Waals surface area contributed by atoms with Crippen molar-refractivity contribution in [3.63, 3.8) is 0 Å². The number of carboxylic acids is 1. The summed E-state index contributed by atoms with van der Waals surface area (Å²) in [5, 5.41) is 7.72. The maximum Gasteiger partial charge on any atom is 0.303 e. The second-order valence-electron chi connectivity index (χ2n) is 1.98. The van der Waals surface area contributed by atoms with Gasteiger partial charge in [-0.15, -0.1) is 17.0 Å². The van der Waals surface area contributed by atoms with E-state index in [9.17, 15) is 4.79 Å². The maximum absolute atomic E-state index is 9.37. The maximum atomic E-state index is 9.37. The first-order valence-corrected chi connectivity index (χ1v) is 3.30. The molecule has 1 rings (SSSR count). The highest BCUT2D eigenvalue weighted by molar-refractivity contribution is 8.93. The van der Waals surface area contributed by atoms with Crippen LogP contribution in [0, 0.1) is 0 Å². The van der Waals surface area contributed by atoms with Crippen molar-refractivity contribution in [3.8, 4) is 0 Å². The number of halogens is 1. The minimum Gasteiger partial charge on any atom is -0.481 e. The van der Waals surface area contributed by atoms with E-state index in [0.717, 1.165) is 0 Å². The second-order valence-corrected chi connectivity index (χ2v) is 1.98. The monoisotopic (exact) mass is 236 g/mol. The normalized spacial score (nSPS) is 7.50. The van der Waals surface area contributed by atoms with E-state index >= 15 is 0 Å². The number of aliphatic carboxylic acids is 1. The fraction of sp³-hybridized carbons (Fsp3) is 0.429. The Kier molecular flexibility index (Phi) is 9.45. The summed E-state index contributed by atoms with van der Waals surface area (Å²) in [7, 11) is 1.94. The van der Waals surface area contributed by atoms with Crippen LogP contribution in [0.5, 0.6) is 0 Å². The number of aromatic nitrogens is 2. The number of nitrogens with zero attached hydrogens (tertiary/aromatic N) is 2. The summed E-state index contributed by atoms with van der Waals surface area (Å²) in [4.78, 5) is 13.2. The Balaban J connectivity index is 0. The van der Waals surface area contributed by atoms with Crippen LogP contribution in [-0.4, -0.2) is 20.6 Å². The molecule has 0 atom stereocenters. The average Bonchev–Trinajstić information content (AvgIpc) is 2.41. The van der Waals surface area contributed by atoms with Crippen LogP contribution in [0.4, 0.5) is 0 Å². The Bertz CT molecular complexity index is 199. The summed E-state index contributed by atoms with van der Waals surface area (Å²) < 4.78 is 1.89. The molecule has 4 nitrogen and oxygen atoms in total. The third-order valence-corrected chi connectivity index (χ3v) is 0.939. The molecule has 0 amide bonds. The molecule has 5 heteroatoms. The highest BCUT2D eigenvalue weighted by Gasteiger charge is 1.80. The standard InChI is InChI=1S/C4H6N2.C3H6O2.BrH/c1-6-3-2-5-4-6;1-2-3(4)5;/h2-4H,1H3;2H2,1H3,(H,4,5);1H. The lowest BCUT2D eigenvalue weighted by Gasteiger charge is -1.76. The number of carbonyl (C=O) groups is 1. The van der Waals surface area contributed by atoms with Crippen molar-refractivity contribution in [3.05, 3.63) is 18.7 Å². The fourth-order valence-electron chi connectivity index (χ4n) is 0.326. The Morgan fingerprint density at radius 2 is 2.17 bits per heavy atom. The van der Waals surface area contributed by atoms with E-state index in [0.29, 0.717) is 0 Å². The molecule has 1 N–H and O–H groups in total. The predicted octanol–water partition coefficient (Wildman–Crippen LogP) is 1.48. The van der Waals surface area contributed by atoms with Crippen molar-refractivity contribution < 1.29 is 9.90 Å². The van der Waals surface area contributed by atoms with Gasteiger partial charge >= 0.3 is 5.97 Å². The van der Waals surface area contributed by atoms with E-state index in [4.69, 9.17) is 5.11 Å². The molecule has 0 saturated heterocycles. The highest BCUT2D eigenvalue weighted by Crippen LogP contribution is 1.73. The van der Waals surface area contributed by atoms with Gasteiger partial charge in [0.15, 0.2) is 0 Å². The molecule has 12 heavy (non-hydrogen) atoms. The van der Waals surface area contributed by atoms with Crippen LogP contribution in [0.25, 0.3) is 0 Å². The topological polar surface area (TPSA) is 55.1 Å². The number of imidazole rings is 1. The minimum absolute atomic E-state index is 0. The molecule has 0 aliphatic carbocycles. The van der Waals surface area contributed by atoms with E-state index < -0.39 is 5.97 Å². The summed E-state index contributed by atoms with van der Waals surface area (Å²) in [6, 6.07) is 0. The highest BCUT2D eigenvalue weighted by atomic mass is 79.9. The van der Waals surface area contributed by atoms with Gasteiger partial charge in [0, 0.05) is 25.9 Å². The van der Waals surface area contributed by atoms with Gasteiger partial charge in [0.05, 0.1) is 6.33 Å². The molecule has 0 aromatic carbocycles. The first-order valence-electron chi connectivity index (χ1n) is 3.30. The average molecular weight is 237 g/mol. The Labute approximate surface area is 82.0 Å². The summed E-state index contributed by atoms with van der Waals surface area (Å²) >= 11 is 0. The van der Waals surface area contributed by atoms with Crippen LogP contribution < -0.4 is 0 Å². The fourth-order valence-corrected chi connectivity index (χ4v) is 0.326. The second kappa shape index (κ2) is 8.26. The molecular weight excluding hydrogens is 224 g/mol. The van der Waals surface area contributed by atoms with E-state index in [2.05, 4.69) is 4.98 Å². The van der Waals surface area contributed by atoms with Crippen molar-refractivity contribution >= 4 is 23.0 Å². The van der Waals surface area contributed by atoms with Crippen LogP contribution >= 0.6 is 17.0 Å². The van der Waals surface area contributed by atoms with Gasteiger partial charge in [-0.3, -0.25) is 4.79 Å². The molecule has 0 bridgehead atoms. The lowest BCUT2D eigenvalue weighted by atomic mass is 10.5. The molecule has 0 radical (unpaired) electrons. The summed E-state index contributed by atoms with van der Waals surface area (Å²) in [5.41, 5.74) is 0. The third-order valence-electron chi connectivity index (χ3n) is 0.939. The van der Waals surface area contributed by atoms with Crippen LogP contribution in [0.3, 0.4) is 0 Å². The molecule has 0 unspecified atom stereocenters. The van der Waals surface area contributed by atoms with E-state index in [1.165, 1.54) is 0 Å². The first-order chi connectivity index (χ1) is 5.16. The van der Waals surface area contributed by atoms with Crippen LogP contribution in [0.15, 0.2) is 18.7 Å². The molecule has 0 aliphatic heterocycles. The zero-order valence-corrected chi connectivity index (χ0v) is 8.81. The van der Waals surface area contributed by atoms with Gasteiger partial charge in [-0.2, -0.15) is 0 Å². The summed E-state index contributed by atoms with van der Waals surface area (Å²) in [6.07, 6.45) is 5.61. The molecule has 0 fully saturated rings. The first kappa shape index (κ1) is 13.7. The molecule has 0 spiro atoms. The number of hydrogen-bond donors (Lipinski definition) is 1. The van der Waals surface area contributed by atoms with Gasteiger partial charge < -0.3 is 9.67 Å². The summed E-state index contributed by atoms with van der Waals surface area (Å²) in [5.74, 6) is -0.745. The molecule has 1 aromatic heterocycles. The molecule has 1 heterocycles. The minimum atomic E-state index is -0.745. The van der Waals surface area contributed by atoms with Gasteiger partial charge in [-0.05, 0) is 0 Å². The lowest BCUT2D eigenvalue weighted by molar-refractivity contribution is -0.136. The van der Waals surface area contributed by atoms with Crippen molar-refractivity contribution in [1.82, 2.24) is 9.55 Å². The van der Waals surface area contributed by atoms with E-state index in [1.54, 1.807) is 19.4 Å². The van der Waals surface area contributed by atoms with Crippen LogP contribution in [-0.2, 0) is 11.8 Å². The van der Waals surface area contributed by atoms with Crippen molar-refractivity contribution in [2.75, 3.05) is 0 Å². The molecule has 1 aromatic rings. The number of hydrogen-bond acceptors (Lipinski definition) is 2. The Hall–Kier alpha value is -0.840. The number of rotatable bonds is 1. The van der Waals surface area contributed by atoms with Gasteiger partial charge in [0.1, 0.15) is 0 Å². The molecule has 0 aliphatic rings. The van der Waals surface area contributed by atoms with Crippen LogP contribution in [0.2, 0.25) is 0 Å². The zero-order valence-electron chi connectivity index (χ0n) is 7.10. The lowest BCUT2D eigenvalue weighted by Crippen LogP contribution is -1.86. The third kappa shape index (κ3) is 9.16. The van der Waals surface area contributed by atoms with E-state index in [-0.39, 0.29) is 23.4 Å². The number of aryl methyl sites for hydroxylation is 1. The molecular formula is C7H13BrN2O2. The van der Waals surface area contributed by atoms with Gasteiger partial charge in [-0.1, -0.05) is 6.92 Å². The molecule has 70 valence electrons. The summed E-state index contributed by atoms with van der Waals surface area (Å²) in [6.45, 7) is 1.60. The smallest absolute Gasteiger partial charge is 0.303 e. The Morgan fingerprint density at radius 3 is 2.25 bits per heavy atom. The quantitative estimate of drug-likeness (QED) is 0.804. The predicted molar refractivity (Wildman–Crippen MR) is 51.5 cm³/mol.